The molecular formula is C26H19F3N2O3. The first kappa shape index (κ1) is 22.8. The van der Waals surface area contributed by atoms with Crippen LogP contribution in [-0.2, 0) is 17.4 Å². The molecule has 8 heteroatoms. The maximum absolute atomic E-state index is 13.6. The first-order chi connectivity index (χ1) is 16.3. The average Bonchev–Trinajstić information content (AvgIpc) is 3.36. The van der Waals surface area contributed by atoms with Gasteiger partial charge in [-0.3, -0.25) is 9.59 Å². The topological polar surface area (TPSA) is 71.3 Å². The lowest BCUT2D eigenvalue weighted by Gasteiger charge is -2.16. The summed E-state index contributed by atoms with van der Waals surface area (Å²) < 4.78 is 45.9. The molecule has 172 valence electrons. The predicted molar refractivity (Wildman–Crippen MR) is 122 cm³/mol. The Morgan fingerprint density at radius 2 is 1.50 bits per heavy atom. The zero-order chi connectivity index (χ0) is 24.1. The molecule has 0 saturated carbocycles. The summed E-state index contributed by atoms with van der Waals surface area (Å²) in [6.07, 6.45) is -3.56. The van der Waals surface area contributed by atoms with Crippen molar-refractivity contribution in [3.05, 3.63) is 108 Å². The molecular weight excluding hydrogens is 445 g/mol. The van der Waals surface area contributed by atoms with E-state index in [-0.39, 0.29) is 17.9 Å². The summed E-state index contributed by atoms with van der Waals surface area (Å²) in [5.74, 6) is -1.32. The number of nitrogens with one attached hydrogen (secondary N) is 2. The minimum Gasteiger partial charge on any atom is -0.459 e. The van der Waals surface area contributed by atoms with Gasteiger partial charge in [0.05, 0.1) is 23.9 Å². The molecule has 4 aromatic rings. The lowest BCUT2D eigenvalue weighted by molar-refractivity contribution is -0.136. The SMILES string of the molecule is O=C(Cc1ccc(-c2ccccc2)cc1)Nc1ccc(NC(=O)c2ccco2)cc1C(F)(F)F. The standard InChI is InChI=1S/C26H19F3N2O3/c27-26(28,29)21-16-20(30-25(33)23-7-4-14-34-23)12-13-22(21)31-24(32)15-17-8-10-19(11-9-17)18-5-2-1-3-6-18/h1-14,16H,15H2,(H,30,33)(H,31,32). The van der Waals surface area contributed by atoms with Crippen molar-refractivity contribution in [3.8, 4) is 11.1 Å². The first-order valence-electron chi connectivity index (χ1n) is 10.3. The molecule has 0 unspecified atom stereocenters. The van der Waals surface area contributed by atoms with Gasteiger partial charge in [-0.15, -0.1) is 0 Å². The van der Waals surface area contributed by atoms with Crippen LogP contribution in [0.1, 0.15) is 21.7 Å². The van der Waals surface area contributed by atoms with E-state index >= 15 is 0 Å². The van der Waals surface area contributed by atoms with Crippen LogP contribution in [0.3, 0.4) is 0 Å². The molecule has 2 N–H and O–H groups in total. The number of halogens is 3. The molecule has 0 atom stereocenters. The van der Waals surface area contributed by atoms with E-state index in [4.69, 9.17) is 4.42 Å². The molecule has 4 rings (SSSR count). The minimum absolute atomic E-state index is 0.0378. The number of furan rings is 1. The Balaban J connectivity index is 1.46. The molecule has 0 aliphatic carbocycles. The Bertz CT molecular complexity index is 1280. The van der Waals surface area contributed by atoms with Crippen LogP contribution in [0.5, 0.6) is 0 Å². The van der Waals surface area contributed by atoms with E-state index in [0.717, 1.165) is 23.3 Å². The number of hydrogen-bond acceptors (Lipinski definition) is 3. The molecule has 1 heterocycles. The van der Waals surface area contributed by atoms with Crippen molar-refractivity contribution in [1.29, 1.82) is 0 Å². The minimum atomic E-state index is -4.74. The molecule has 3 aromatic carbocycles. The third-order valence-corrected chi connectivity index (χ3v) is 5.03. The molecule has 1 aromatic heterocycles. The normalized spacial score (nSPS) is 11.1. The summed E-state index contributed by atoms with van der Waals surface area (Å²) in [6, 6.07) is 22.9. The second-order valence-electron chi connectivity index (χ2n) is 7.48. The van der Waals surface area contributed by atoms with Crippen LogP contribution < -0.4 is 10.6 Å². The van der Waals surface area contributed by atoms with Gasteiger partial charge in [-0.25, -0.2) is 0 Å². The maximum atomic E-state index is 13.6. The molecule has 2 amide bonds. The highest BCUT2D eigenvalue weighted by Crippen LogP contribution is 2.37. The van der Waals surface area contributed by atoms with Gasteiger partial charge in [-0.1, -0.05) is 54.6 Å². The number of alkyl halides is 3. The van der Waals surface area contributed by atoms with E-state index in [1.165, 1.54) is 24.5 Å². The summed E-state index contributed by atoms with van der Waals surface area (Å²) >= 11 is 0. The average molecular weight is 464 g/mol. The number of carbonyl (C=O) groups excluding carboxylic acids is 2. The molecule has 0 aliphatic heterocycles. The third kappa shape index (κ3) is 5.53. The molecule has 0 fully saturated rings. The highest BCUT2D eigenvalue weighted by Gasteiger charge is 2.34. The lowest BCUT2D eigenvalue weighted by atomic mass is 10.0. The quantitative estimate of drug-likeness (QED) is 0.347. The Morgan fingerprint density at radius 3 is 2.15 bits per heavy atom. The summed E-state index contributed by atoms with van der Waals surface area (Å²) in [5, 5.41) is 4.68. The number of rotatable bonds is 6. The first-order valence-corrected chi connectivity index (χ1v) is 10.3. The van der Waals surface area contributed by atoms with E-state index in [1.54, 1.807) is 12.1 Å². The maximum Gasteiger partial charge on any atom is 0.418 e. The molecule has 0 aliphatic rings. The number of benzene rings is 3. The van der Waals surface area contributed by atoms with Gasteiger partial charge in [0.2, 0.25) is 5.91 Å². The molecule has 0 saturated heterocycles. The largest absolute Gasteiger partial charge is 0.459 e. The summed E-state index contributed by atoms with van der Waals surface area (Å²) in [4.78, 5) is 24.5. The Hall–Kier alpha value is -4.33. The number of carbonyl (C=O) groups is 2. The molecule has 5 nitrogen and oxygen atoms in total. The highest BCUT2D eigenvalue weighted by molar-refractivity contribution is 6.02. The van der Waals surface area contributed by atoms with E-state index in [2.05, 4.69) is 10.6 Å². The van der Waals surface area contributed by atoms with Crippen LogP contribution >= 0.6 is 0 Å². The summed E-state index contributed by atoms with van der Waals surface area (Å²) in [7, 11) is 0. The smallest absolute Gasteiger partial charge is 0.418 e. The molecule has 34 heavy (non-hydrogen) atoms. The van der Waals surface area contributed by atoms with Crippen molar-refractivity contribution >= 4 is 23.2 Å². The fourth-order valence-electron chi connectivity index (χ4n) is 3.39. The van der Waals surface area contributed by atoms with E-state index in [0.29, 0.717) is 5.56 Å². The fraction of sp³-hybridized carbons (Fsp3) is 0.0769. The van der Waals surface area contributed by atoms with Crippen molar-refractivity contribution in [2.75, 3.05) is 10.6 Å². The Morgan fingerprint density at radius 1 is 0.794 bits per heavy atom. The van der Waals surface area contributed by atoms with Crippen LogP contribution in [0.15, 0.2) is 95.6 Å². The van der Waals surface area contributed by atoms with Gasteiger partial charge in [0.15, 0.2) is 5.76 Å². The third-order valence-electron chi connectivity index (χ3n) is 5.03. The fourth-order valence-corrected chi connectivity index (χ4v) is 3.39. The van der Waals surface area contributed by atoms with Crippen molar-refractivity contribution in [3.63, 3.8) is 0 Å². The van der Waals surface area contributed by atoms with Gasteiger partial charge in [-0.2, -0.15) is 13.2 Å². The van der Waals surface area contributed by atoms with Crippen LogP contribution in [0.4, 0.5) is 24.5 Å². The Labute approximate surface area is 193 Å². The molecule has 0 radical (unpaired) electrons. The second-order valence-corrected chi connectivity index (χ2v) is 7.48. The molecule has 0 spiro atoms. The Kier molecular flexibility index (Phi) is 6.49. The lowest BCUT2D eigenvalue weighted by Crippen LogP contribution is -2.19. The van der Waals surface area contributed by atoms with Gasteiger partial charge in [0.25, 0.3) is 5.91 Å². The van der Waals surface area contributed by atoms with Crippen LogP contribution in [0.25, 0.3) is 11.1 Å². The van der Waals surface area contributed by atoms with Gasteiger partial charge in [0, 0.05) is 5.69 Å². The highest BCUT2D eigenvalue weighted by atomic mass is 19.4. The van der Waals surface area contributed by atoms with Gasteiger partial charge in [0.1, 0.15) is 0 Å². The summed E-state index contributed by atoms with van der Waals surface area (Å²) in [5.41, 5.74) is 1.10. The van der Waals surface area contributed by atoms with E-state index in [9.17, 15) is 22.8 Å². The van der Waals surface area contributed by atoms with Gasteiger partial charge < -0.3 is 15.1 Å². The van der Waals surface area contributed by atoms with Crippen molar-refractivity contribution < 1.29 is 27.2 Å². The van der Waals surface area contributed by atoms with E-state index in [1.807, 2.05) is 42.5 Å². The zero-order valence-corrected chi connectivity index (χ0v) is 17.7. The monoisotopic (exact) mass is 464 g/mol. The summed E-state index contributed by atoms with van der Waals surface area (Å²) in [6.45, 7) is 0. The van der Waals surface area contributed by atoms with Crippen molar-refractivity contribution in [1.82, 2.24) is 0 Å². The van der Waals surface area contributed by atoms with Crippen LogP contribution in [0.2, 0.25) is 0 Å². The van der Waals surface area contributed by atoms with Gasteiger partial charge in [-0.05, 0) is 47.0 Å². The number of hydrogen-bond donors (Lipinski definition) is 2. The van der Waals surface area contributed by atoms with Crippen LogP contribution in [0, 0.1) is 0 Å². The number of amides is 2. The zero-order valence-electron chi connectivity index (χ0n) is 17.7. The van der Waals surface area contributed by atoms with Crippen molar-refractivity contribution in [2.45, 2.75) is 12.6 Å². The van der Waals surface area contributed by atoms with Crippen LogP contribution in [-0.4, -0.2) is 11.8 Å². The molecule has 0 bridgehead atoms. The predicted octanol–water partition coefficient (Wildman–Crippen LogP) is 6.40. The van der Waals surface area contributed by atoms with Crippen molar-refractivity contribution in [2.24, 2.45) is 0 Å². The number of anilines is 2. The second kappa shape index (κ2) is 9.66. The van der Waals surface area contributed by atoms with E-state index < -0.39 is 29.2 Å². The van der Waals surface area contributed by atoms with Gasteiger partial charge >= 0.3 is 6.18 Å².